The quantitative estimate of drug-likeness (QED) is 0.217. The molecule has 0 aliphatic carbocycles. The first-order valence-electron chi connectivity index (χ1n) is 10.8. The number of aromatic nitrogens is 4. The molecule has 35 heavy (non-hydrogen) atoms. The molecule has 2 aromatic carbocycles. The molecule has 2 atom stereocenters. The van der Waals surface area contributed by atoms with Gasteiger partial charge in [-0.05, 0) is 37.1 Å². The van der Waals surface area contributed by atoms with E-state index in [1.807, 2.05) is 38.1 Å². The summed E-state index contributed by atoms with van der Waals surface area (Å²) in [5, 5.41) is -2.17. The van der Waals surface area contributed by atoms with E-state index >= 15 is 0 Å². The van der Waals surface area contributed by atoms with E-state index in [-0.39, 0.29) is 73.4 Å². The normalized spacial score (nSPS) is 13.6. The zero-order chi connectivity index (χ0) is 24.9. The van der Waals surface area contributed by atoms with E-state index in [0.29, 0.717) is 23.9 Å². The van der Waals surface area contributed by atoms with Crippen LogP contribution in [0.3, 0.4) is 0 Å². The Kier molecular flexibility index (Phi) is 11.0. The zero-order valence-electron chi connectivity index (χ0n) is 19.5. The molecule has 4 aromatic rings. The van der Waals surface area contributed by atoms with Crippen LogP contribution in [0.25, 0.3) is 22.1 Å². The van der Waals surface area contributed by atoms with Crippen molar-refractivity contribution in [2.24, 2.45) is 0 Å². The van der Waals surface area contributed by atoms with Crippen LogP contribution in [0.2, 0.25) is 0 Å². The van der Waals surface area contributed by atoms with E-state index in [1.54, 1.807) is 24.3 Å². The molecular weight excluding hydrogens is 618 g/mol. The van der Waals surface area contributed by atoms with Gasteiger partial charge in [0.1, 0.15) is 42.4 Å². The van der Waals surface area contributed by atoms with Gasteiger partial charge in [0.05, 0.1) is 22.1 Å². The van der Waals surface area contributed by atoms with Crippen LogP contribution in [0.15, 0.2) is 48.5 Å². The van der Waals surface area contributed by atoms with Gasteiger partial charge < -0.3 is 19.1 Å². The minimum Gasteiger partial charge on any atom is -0.747 e. The third-order valence-corrected chi connectivity index (χ3v) is 7.54. The number of para-hydroxylation sites is 4. The number of benzene rings is 2. The summed E-state index contributed by atoms with van der Waals surface area (Å²) in [7, 11) is -8.74. The SMILES string of the molecule is CCC[C@@H](c1nc2ccccc2[nH]1)S(=O)(=O)[O-].CCC[C@@H](c1nc2ccccc2[nH]1)S(=O)(=O)[O-].[Ba+2]. The monoisotopic (exact) mass is 644 g/mol. The van der Waals surface area contributed by atoms with Crippen LogP contribution < -0.4 is 0 Å². The fraction of sp³-hybridized carbons (Fsp3) is 0.364. The van der Waals surface area contributed by atoms with E-state index < -0.39 is 30.7 Å². The van der Waals surface area contributed by atoms with E-state index in [1.165, 1.54) is 0 Å². The number of aromatic amines is 2. The first-order chi connectivity index (χ1) is 16.0. The second-order valence-corrected chi connectivity index (χ2v) is 10.9. The fourth-order valence-electron chi connectivity index (χ4n) is 3.61. The van der Waals surface area contributed by atoms with Crippen LogP contribution in [-0.2, 0) is 20.2 Å². The van der Waals surface area contributed by atoms with Gasteiger partial charge in [-0.2, -0.15) is 0 Å². The molecule has 2 aromatic heterocycles. The smallest absolute Gasteiger partial charge is 0.747 e. The van der Waals surface area contributed by atoms with Crippen molar-refractivity contribution in [1.29, 1.82) is 0 Å². The van der Waals surface area contributed by atoms with Gasteiger partial charge in [-0.25, -0.2) is 26.8 Å². The maximum Gasteiger partial charge on any atom is 2.00 e. The average molecular weight is 644 g/mol. The van der Waals surface area contributed by atoms with Crippen LogP contribution in [0.5, 0.6) is 0 Å². The van der Waals surface area contributed by atoms with Crippen molar-refractivity contribution in [2.75, 3.05) is 0 Å². The summed E-state index contributed by atoms with van der Waals surface area (Å²) >= 11 is 0. The van der Waals surface area contributed by atoms with Crippen LogP contribution in [0, 0.1) is 0 Å². The Morgan fingerprint density at radius 1 is 0.714 bits per heavy atom. The number of hydrogen-bond donors (Lipinski definition) is 2. The van der Waals surface area contributed by atoms with Gasteiger partial charge in [0.2, 0.25) is 0 Å². The molecule has 0 aliphatic heterocycles. The van der Waals surface area contributed by atoms with Crippen LogP contribution in [0.4, 0.5) is 0 Å². The number of fused-ring (bicyclic) bond motifs is 2. The predicted molar refractivity (Wildman–Crippen MR) is 133 cm³/mol. The molecule has 0 amide bonds. The molecule has 184 valence electrons. The number of imidazole rings is 2. The maximum absolute atomic E-state index is 11.2. The number of rotatable bonds is 8. The Morgan fingerprint density at radius 3 is 1.34 bits per heavy atom. The van der Waals surface area contributed by atoms with Crippen LogP contribution >= 0.6 is 0 Å². The maximum atomic E-state index is 11.2. The standard InChI is InChI=1S/2C11H14N2O3S.Ba/c2*1-2-5-10(17(14,15)16)11-12-8-6-3-4-7-9(8)13-11;/h2*3-4,6-7,10H,2,5H2,1H3,(H,12,13)(H,14,15,16);/q;;+2/p-2/t2*10-;/m00./s1. The second kappa shape index (κ2) is 12.8. The first-order valence-corrected chi connectivity index (χ1v) is 13.8. The molecule has 0 radical (unpaired) electrons. The van der Waals surface area contributed by atoms with Crippen molar-refractivity contribution in [3.8, 4) is 0 Å². The van der Waals surface area contributed by atoms with Crippen LogP contribution in [0.1, 0.15) is 61.7 Å². The Bertz CT molecular complexity index is 1290. The summed E-state index contributed by atoms with van der Waals surface area (Å²) in [5.74, 6) is 0.478. The summed E-state index contributed by atoms with van der Waals surface area (Å²) in [6, 6.07) is 14.4. The molecule has 0 bridgehead atoms. The summed E-state index contributed by atoms with van der Waals surface area (Å²) in [6.07, 6.45) is 1.80. The Morgan fingerprint density at radius 2 is 1.06 bits per heavy atom. The number of hydrogen-bond acceptors (Lipinski definition) is 8. The molecule has 0 saturated heterocycles. The molecule has 10 nitrogen and oxygen atoms in total. The third kappa shape index (κ3) is 7.88. The van der Waals surface area contributed by atoms with E-state index in [4.69, 9.17) is 0 Å². The summed E-state index contributed by atoms with van der Waals surface area (Å²) in [5.41, 5.74) is 2.83. The van der Waals surface area contributed by atoms with Gasteiger partial charge in [-0.3, -0.25) is 0 Å². The Labute approximate surface area is 244 Å². The Hall–Kier alpha value is -1.23. The topological polar surface area (TPSA) is 172 Å². The summed E-state index contributed by atoms with van der Waals surface area (Å²) in [6.45, 7) is 3.67. The van der Waals surface area contributed by atoms with Gasteiger partial charge in [0, 0.05) is 0 Å². The zero-order valence-corrected chi connectivity index (χ0v) is 25.5. The molecule has 0 aliphatic rings. The van der Waals surface area contributed by atoms with Gasteiger partial charge in [0.15, 0.2) is 0 Å². The van der Waals surface area contributed by atoms with E-state index in [0.717, 1.165) is 11.0 Å². The molecule has 0 fully saturated rings. The molecule has 0 unspecified atom stereocenters. The van der Waals surface area contributed by atoms with Crippen molar-refractivity contribution in [3.05, 3.63) is 60.2 Å². The molecule has 0 saturated carbocycles. The number of nitrogens with zero attached hydrogens (tertiary/aromatic N) is 2. The van der Waals surface area contributed by atoms with E-state index in [2.05, 4.69) is 19.9 Å². The van der Waals surface area contributed by atoms with Crippen molar-refractivity contribution in [3.63, 3.8) is 0 Å². The first kappa shape index (κ1) is 30.0. The molecule has 2 N–H and O–H groups in total. The largest absolute Gasteiger partial charge is 2.00 e. The van der Waals surface area contributed by atoms with Crippen molar-refractivity contribution < 1.29 is 25.9 Å². The third-order valence-electron chi connectivity index (χ3n) is 5.22. The second-order valence-electron chi connectivity index (χ2n) is 7.82. The minimum absolute atomic E-state index is 0. The fourth-order valence-corrected chi connectivity index (χ4v) is 5.43. The van der Waals surface area contributed by atoms with Crippen LogP contribution in [-0.4, -0.2) is 94.8 Å². The van der Waals surface area contributed by atoms with E-state index in [9.17, 15) is 25.9 Å². The minimum atomic E-state index is -4.37. The molecule has 0 spiro atoms. The molecule has 4 rings (SSSR count). The molecular formula is C22H26BaN4O6S2. The van der Waals surface area contributed by atoms with Gasteiger partial charge in [-0.1, -0.05) is 51.0 Å². The Balaban J connectivity index is 0.000000240. The van der Waals surface area contributed by atoms with Crippen molar-refractivity contribution >= 4 is 91.2 Å². The van der Waals surface area contributed by atoms with Gasteiger partial charge in [0.25, 0.3) is 0 Å². The van der Waals surface area contributed by atoms with Gasteiger partial charge in [-0.15, -0.1) is 0 Å². The molecule has 13 heteroatoms. The average Bonchev–Trinajstić information content (AvgIpc) is 3.38. The number of H-pyrrole nitrogens is 2. The number of nitrogens with one attached hydrogen (secondary N) is 2. The summed E-state index contributed by atoms with van der Waals surface area (Å²) in [4.78, 5) is 14.1. The van der Waals surface area contributed by atoms with Crippen molar-refractivity contribution in [2.45, 2.75) is 50.0 Å². The molecule has 2 heterocycles. The van der Waals surface area contributed by atoms with Gasteiger partial charge >= 0.3 is 48.9 Å². The predicted octanol–water partition coefficient (Wildman–Crippen LogP) is 3.52. The van der Waals surface area contributed by atoms with Crippen molar-refractivity contribution in [1.82, 2.24) is 19.9 Å². The summed E-state index contributed by atoms with van der Waals surface area (Å²) < 4.78 is 67.1.